The van der Waals surface area contributed by atoms with Crippen LogP contribution in [0.3, 0.4) is 0 Å². The van der Waals surface area contributed by atoms with Crippen molar-refractivity contribution in [3.8, 4) is 17.1 Å². The SMILES string of the molecule is COc1cc(C2CCCCN2)ccc1Nc1ncc(Cl)c(-c2cnc3ccccn23)n1. The molecule has 1 saturated heterocycles. The van der Waals surface area contributed by atoms with Gasteiger partial charge in [-0.05, 0) is 49.2 Å². The average molecular weight is 435 g/mol. The van der Waals surface area contributed by atoms with Crippen molar-refractivity contribution in [2.75, 3.05) is 19.0 Å². The van der Waals surface area contributed by atoms with E-state index in [0.29, 0.717) is 22.7 Å². The van der Waals surface area contributed by atoms with Gasteiger partial charge in [-0.25, -0.2) is 15.0 Å². The number of methoxy groups -OCH3 is 1. The molecule has 0 amide bonds. The molecule has 1 aromatic carbocycles. The normalized spacial score (nSPS) is 16.4. The van der Waals surface area contributed by atoms with Crippen molar-refractivity contribution in [3.63, 3.8) is 0 Å². The first-order valence-electron chi connectivity index (χ1n) is 10.4. The van der Waals surface area contributed by atoms with E-state index in [2.05, 4.69) is 37.7 Å². The van der Waals surface area contributed by atoms with E-state index in [1.54, 1.807) is 19.5 Å². The molecule has 158 valence electrons. The molecule has 1 unspecified atom stereocenters. The summed E-state index contributed by atoms with van der Waals surface area (Å²) in [7, 11) is 1.67. The number of nitrogens with one attached hydrogen (secondary N) is 2. The van der Waals surface area contributed by atoms with Gasteiger partial charge in [0.1, 0.15) is 17.1 Å². The highest BCUT2D eigenvalue weighted by Gasteiger charge is 2.18. The lowest BCUT2D eigenvalue weighted by atomic mass is 9.97. The molecule has 7 nitrogen and oxygen atoms in total. The summed E-state index contributed by atoms with van der Waals surface area (Å²) in [4.78, 5) is 13.5. The Bertz CT molecular complexity index is 1220. The van der Waals surface area contributed by atoms with E-state index in [9.17, 15) is 0 Å². The molecule has 1 aliphatic rings. The molecule has 4 aromatic rings. The van der Waals surface area contributed by atoms with Gasteiger partial charge < -0.3 is 15.4 Å². The predicted molar refractivity (Wildman–Crippen MR) is 122 cm³/mol. The van der Waals surface area contributed by atoms with Crippen LogP contribution >= 0.6 is 11.6 Å². The van der Waals surface area contributed by atoms with Gasteiger partial charge in [0, 0.05) is 12.2 Å². The molecule has 0 bridgehead atoms. The average Bonchev–Trinajstić information content (AvgIpc) is 3.25. The van der Waals surface area contributed by atoms with Gasteiger partial charge in [-0.3, -0.25) is 4.40 Å². The van der Waals surface area contributed by atoms with Crippen LogP contribution in [0.1, 0.15) is 30.9 Å². The number of nitrogens with zero attached hydrogens (tertiary/aromatic N) is 4. The lowest BCUT2D eigenvalue weighted by Gasteiger charge is -2.24. The molecule has 1 fully saturated rings. The van der Waals surface area contributed by atoms with Crippen LogP contribution in [0.25, 0.3) is 17.0 Å². The minimum absolute atomic E-state index is 0.366. The maximum Gasteiger partial charge on any atom is 0.227 e. The number of halogens is 1. The number of rotatable bonds is 5. The lowest BCUT2D eigenvalue weighted by molar-refractivity contribution is 0.401. The van der Waals surface area contributed by atoms with Gasteiger partial charge in [-0.15, -0.1) is 0 Å². The first-order valence-corrected chi connectivity index (χ1v) is 10.7. The molecule has 31 heavy (non-hydrogen) atoms. The third-order valence-corrected chi connectivity index (χ3v) is 5.87. The second kappa shape index (κ2) is 8.53. The molecule has 0 radical (unpaired) electrons. The Hall–Kier alpha value is -3.16. The number of aromatic nitrogens is 4. The summed E-state index contributed by atoms with van der Waals surface area (Å²) in [5.74, 6) is 1.19. The molecule has 0 saturated carbocycles. The van der Waals surface area contributed by atoms with E-state index in [1.165, 1.54) is 18.4 Å². The van der Waals surface area contributed by atoms with E-state index in [0.717, 1.165) is 35.7 Å². The number of hydrogen-bond acceptors (Lipinski definition) is 6. The zero-order valence-corrected chi connectivity index (χ0v) is 17.9. The zero-order chi connectivity index (χ0) is 21.2. The molecule has 2 N–H and O–H groups in total. The van der Waals surface area contributed by atoms with Crippen molar-refractivity contribution in [2.24, 2.45) is 0 Å². The molecule has 1 atom stereocenters. The van der Waals surface area contributed by atoms with Crippen LogP contribution in [0.15, 0.2) is 55.0 Å². The molecular formula is C23H23ClN6O. The Kier molecular flexibility index (Phi) is 5.44. The van der Waals surface area contributed by atoms with Gasteiger partial charge in [0.15, 0.2) is 0 Å². The number of pyridine rings is 1. The van der Waals surface area contributed by atoms with Gasteiger partial charge >= 0.3 is 0 Å². The maximum atomic E-state index is 6.43. The molecular weight excluding hydrogens is 412 g/mol. The van der Waals surface area contributed by atoms with Crippen molar-refractivity contribution < 1.29 is 4.74 Å². The minimum Gasteiger partial charge on any atom is -0.495 e. The molecule has 1 aliphatic heterocycles. The maximum absolute atomic E-state index is 6.43. The quantitative estimate of drug-likeness (QED) is 0.459. The smallest absolute Gasteiger partial charge is 0.227 e. The van der Waals surface area contributed by atoms with Gasteiger partial charge in [-0.2, -0.15) is 0 Å². The second-order valence-electron chi connectivity index (χ2n) is 7.55. The molecule has 3 aromatic heterocycles. The van der Waals surface area contributed by atoms with Gasteiger partial charge in [-0.1, -0.05) is 30.2 Å². The van der Waals surface area contributed by atoms with Crippen LogP contribution in [-0.4, -0.2) is 33.0 Å². The Morgan fingerprint density at radius 1 is 1.16 bits per heavy atom. The fourth-order valence-corrected chi connectivity index (χ4v) is 4.19. The highest BCUT2D eigenvalue weighted by atomic mass is 35.5. The summed E-state index contributed by atoms with van der Waals surface area (Å²) in [6.45, 7) is 1.05. The Morgan fingerprint density at radius 3 is 2.94 bits per heavy atom. The van der Waals surface area contributed by atoms with Crippen LogP contribution in [0.2, 0.25) is 5.02 Å². The Balaban J connectivity index is 1.46. The number of hydrogen-bond donors (Lipinski definition) is 2. The van der Waals surface area contributed by atoms with Crippen molar-refractivity contribution in [1.82, 2.24) is 24.7 Å². The third-order valence-electron chi connectivity index (χ3n) is 5.59. The summed E-state index contributed by atoms with van der Waals surface area (Å²) >= 11 is 6.43. The molecule has 8 heteroatoms. The van der Waals surface area contributed by atoms with E-state index >= 15 is 0 Å². The Morgan fingerprint density at radius 2 is 2.10 bits per heavy atom. The number of benzene rings is 1. The van der Waals surface area contributed by atoms with Crippen LogP contribution in [0.5, 0.6) is 5.75 Å². The van der Waals surface area contributed by atoms with Crippen LogP contribution in [0, 0.1) is 0 Å². The molecule has 4 heterocycles. The largest absolute Gasteiger partial charge is 0.495 e. The summed E-state index contributed by atoms with van der Waals surface area (Å²) in [6, 6.07) is 12.4. The highest BCUT2D eigenvalue weighted by molar-refractivity contribution is 6.32. The van der Waals surface area contributed by atoms with Crippen LogP contribution in [-0.2, 0) is 0 Å². The number of ether oxygens (including phenoxy) is 1. The number of imidazole rings is 1. The molecule has 0 spiro atoms. The first kappa shape index (κ1) is 19.8. The standard InChI is InChI=1S/C23H23ClN6O/c1-31-20-12-15(17-6-2-4-10-25-17)8-9-18(20)28-23-27-13-16(24)22(29-23)19-14-26-21-7-3-5-11-30(19)21/h3,5,7-9,11-14,17,25H,2,4,6,10H2,1H3,(H,27,28,29). The number of fused-ring (bicyclic) bond motifs is 1. The van der Waals surface area contributed by atoms with Crippen LogP contribution in [0.4, 0.5) is 11.6 Å². The summed E-state index contributed by atoms with van der Waals surface area (Å²) in [5, 5.41) is 7.31. The predicted octanol–water partition coefficient (Wildman–Crippen LogP) is 5.01. The van der Waals surface area contributed by atoms with Crippen molar-refractivity contribution in [1.29, 1.82) is 0 Å². The van der Waals surface area contributed by atoms with Crippen molar-refractivity contribution >= 4 is 28.9 Å². The minimum atomic E-state index is 0.366. The second-order valence-corrected chi connectivity index (χ2v) is 7.96. The molecule has 5 rings (SSSR count). The highest BCUT2D eigenvalue weighted by Crippen LogP contribution is 2.33. The number of anilines is 2. The van der Waals surface area contributed by atoms with E-state index in [1.807, 2.05) is 34.9 Å². The van der Waals surface area contributed by atoms with Gasteiger partial charge in [0.25, 0.3) is 0 Å². The fourth-order valence-electron chi connectivity index (χ4n) is 4.00. The van der Waals surface area contributed by atoms with E-state index in [-0.39, 0.29) is 0 Å². The van der Waals surface area contributed by atoms with E-state index < -0.39 is 0 Å². The topological polar surface area (TPSA) is 76.4 Å². The summed E-state index contributed by atoms with van der Waals surface area (Å²) < 4.78 is 7.60. The molecule has 0 aliphatic carbocycles. The van der Waals surface area contributed by atoms with Crippen LogP contribution < -0.4 is 15.4 Å². The summed E-state index contributed by atoms with van der Waals surface area (Å²) in [5.41, 5.74) is 4.27. The van der Waals surface area contributed by atoms with E-state index in [4.69, 9.17) is 16.3 Å². The Labute approximate surface area is 185 Å². The van der Waals surface area contributed by atoms with Crippen molar-refractivity contribution in [2.45, 2.75) is 25.3 Å². The van der Waals surface area contributed by atoms with Gasteiger partial charge in [0.05, 0.1) is 35.9 Å². The third kappa shape index (κ3) is 3.94. The number of piperidine rings is 1. The zero-order valence-electron chi connectivity index (χ0n) is 17.2. The van der Waals surface area contributed by atoms with Crippen molar-refractivity contribution in [3.05, 3.63) is 65.6 Å². The monoisotopic (exact) mass is 434 g/mol. The van der Waals surface area contributed by atoms with Gasteiger partial charge in [0.2, 0.25) is 5.95 Å². The summed E-state index contributed by atoms with van der Waals surface area (Å²) in [6.07, 6.45) is 8.91. The first-order chi connectivity index (χ1) is 15.2. The fraction of sp³-hybridized carbons (Fsp3) is 0.261. The lowest BCUT2D eigenvalue weighted by Crippen LogP contribution is -2.26.